The SMILES string of the molecule is CCN(CC(=O)Nc1ccc(N2CCOCC2)cc1)S(=O)(=O)c1ccc(C(C)=O)cc1. The summed E-state index contributed by atoms with van der Waals surface area (Å²) in [6.45, 7) is 5.95. The summed E-state index contributed by atoms with van der Waals surface area (Å²) in [5.74, 6) is -0.569. The summed E-state index contributed by atoms with van der Waals surface area (Å²) < 4.78 is 32.3. The standard InChI is InChI=1S/C22H27N3O5S/c1-3-25(31(28,29)21-10-4-18(5-11-21)17(2)26)16-22(27)23-19-6-8-20(9-7-19)24-12-14-30-15-13-24/h4-11H,3,12-16H2,1-2H3,(H,23,27). The lowest BCUT2D eigenvalue weighted by molar-refractivity contribution is -0.116. The number of anilines is 2. The van der Waals surface area contributed by atoms with Crippen molar-refractivity contribution in [1.82, 2.24) is 4.31 Å². The topological polar surface area (TPSA) is 96.0 Å². The molecule has 0 aliphatic carbocycles. The first-order chi connectivity index (χ1) is 14.8. The molecule has 1 N–H and O–H groups in total. The quantitative estimate of drug-likeness (QED) is 0.627. The van der Waals surface area contributed by atoms with Crippen molar-refractivity contribution >= 4 is 33.1 Å². The lowest BCUT2D eigenvalue weighted by Gasteiger charge is -2.29. The van der Waals surface area contributed by atoms with E-state index in [4.69, 9.17) is 4.74 Å². The van der Waals surface area contributed by atoms with E-state index in [0.29, 0.717) is 24.5 Å². The molecule has 0 aromatic heterocycles. The van der Waals surface area contributed by atoms with Gasteiger partial charge in [-0.05, 0) is 43.3 Å². The van der Waals surface area contributed by atoms with E-state index in [-0.39, 0.29) is 23.8 Å². The third kappa shape index (κ3) is 5.69. The number of carbonyl (C=O) groups is 2. The molecule has 31 heavy (non-hydrogen) atoms. The maximum Gasteiger partial charge on any atom is 0.243 e. The van der Waals surface area contributed by atoms with Crippen LogP contribution in [0.25, 0.3) is 0 Å². The normalized spacial score (nSPS) is 14.5. The van der Waals surface area contributed by atoms with Gasteiger partial charge in [-0.1, -0.05) is 19.1 Å². The zero-order valence-electron chi connectivity index (χ0n) is 17.7. The molecular formula is C22H27N3O5S. The molecular weight excluding hydrogens is 418 g/mol. The van der Waals surface area contributed by atoms with Gasteiger partial charge >= 0.3 is 0 Å². The second kappa shape index (κ2) is 10.0. The average Bonchev–Trinajstić information content (AvgIpc) is 2.78. The number of benzene rings is 2. The van der Waals surface area contributed by atoms with E-state index in [2.05, 4.69) is 10.2 Å². The Balaban J connectivity index is 1.64. The molecule has 0 bridgehead atoms. The summed E-state index contributed by atoms with van der Waals surface area (Å²) in [6, 6.07) is 13.2. The van der Waals surface area contributed by atoms with Crippen molar-refractivity contribution in [3.05, 3.63) is 54.1 Å². The highest BCUT2D eigenvalue weighted by molar-refractivity contribution is 7.89. The van der Waals surface area contributed by atoms with Crippen LogP contribution in [0.15, 0.2) is 53.4 Å². The minimum Gasteiger partial charge on any atom is -0.378 e. The number of carbonyl (C=O) groups excluding carboxylic acids is 2. The van der Waals surface area contributed by atoms with Crippen LogP contribution in [0.1, 0.15) is 24.2 Å². The second-order valence-corrected chi connectivity index (χ2v) is 9.14. The van der Waals surface area contributed by atoms with Gasteiger partial charge in [-0.25, -0.2) is 8.42 Å². The average molecular weight is 446 g/mol. The number of rotatable bonds is 8. The van der Waals surface area contributed by atoms with E-state index >= 15 is 0 Å². The van der Waals surface area contributed by atoms with Crippen LogP contribution in [-0.2, 0) is 19.6 Å². The van der Waals surface area contributed by atoms with Gasteiger partial charge in [0.15, 0.2) is 5.78 Å². The summed E-state index contributed by atoms with van der Waals surface area (Å²) in [5, 5.41) is 2.75. The molecule has 1 amide bonds. The molecule has 2 aromatic carbocycles. The monoisotopic (exact) mass is 445 g/mol. The number of Topliss-reactive ketones (excluding diaryl/α,β-unsaturated/α-hetero) is 1. The van der Waals surface area contributed by atoms with Gasteiger partial charge < -0.3 is 15.0 Å². The van der Waals surface area contributed by atoms with Gasteiger partial charge in [-0.2, -0.15) is 4.31 Å². The molecule has 8 nitrogen and oxygen atoms in total. The van der Waals surface area contributed by atoms with Crippen LogP contribution < -0.4 is 10.2 Å². The number of likely N-dealkylation sites (N-methyl/N-ethyl adjacent to an activating group) is 1. The Morgan fingerprint density at radius 2 is 1.65 bits per heavy atom. The first-order valence-electron chi connectivity index (χ1n) is 10.1. The van der Waals surface area contributed by atoms with E-state index in [1.807, 2.05) is 12.1 Å². The Labute approximate surface area is 182 Å². The lowest BCUT2D eigenvalue weighted by Crippen LogP contribution is -2.38. The Bertz CT molecular complexity index is 1010. The molecule has 1 aliphatic heterocycles. The molecule has 1 heterocycles. The number of ether oxygens (including phenoxy) is 1. The Kier molecular flexibility index (Phi) is 7.42. The van der Waals surface area contributed by atoms with Crippen molar-refractivity contribution in [2.75, 3.05) is 49.6 Å². The van der Waals surface area contributed by atoms with E-state index < -0.39 is 15.9 Å². The van der Waals surface area contributed by atoms with Crippen molar-refractivity contribution in [3.8, 4) is 0 Å². The highest BCUT2D eigenvalue weighted by Gasteiger charge is 2.25. The van der Waals surface area contributed by atoms with E-state index in [9.17, 15) is 18.0 Å². The van der Waals surface area contributed by atoms with Crippen LogP contribution in [0.4, 0.5) is 11.4 Å². The molecule has 2 aromatic rings. The third-order valence-corrected chi connectivity index (χ3v) is 7.03. The molecule has 166 valence electrons. The lowest BCUT2D eigenvalue weighted by atomic mass is 10.2. The van der Waals surface area contributed by atoms with Crippen LogP contribution in [0.2, 0.25) is 0 Å². The summed E-state index contributed by atoms with van der Waals surface area (Å²) in [5.41, 5.74) is 2.08. The van der Waals surface area contributed by atoms with Gasteiger partial charge in [0.2, 0.25) is 15.9 Å². The molecule has 1 saturated heterocycles. The highest BCUT2D eigenvalue weighted by Crippen LogP contribution is 2.20. The molecule has 9 heteroatoms. The highest BCUT2D eigenvalue weighted by atomic mass is 32.2. The maximum absolute atomic E-state index is 12.9. The zero-order valence-corrected chi connectivity index (χ0v) is 18.5. The summed E-state index contributed by atoms with van der Waals surface area (Å²) in [7, 11) is -3.86. The minimum atomic E-state index is -3.86. The number of sulfonamides is 1. The van der Waals surface area contributed by atoms with Crippen LogP contribution in [0.5, 0.6) is 0 Å². The minimum absolute atomic E-state index is 0.0435. The van der Waals surface area contributed by atoms with Crippen molar-refractivity contribution in [2.24, 2.45) is 0 Å². The number of nitrogens with one attached hydrogen (secondary N) is 1. The third-order valence-electron chi connectivity index (χ3n) is 5.10. The number of hydrogen-bond acceptors (Lipinski definition) is 6. The van der Waals surface area contributed by atoms with Gasteiger partial charge in [-0.3, -0.25) is 9.59 Å². The van der Waals surface area contributed by atoms with E-state index in [0.717, 1.165) is 23.1 Å². The predicted molar refractivity (Wildman–Crippen MR) is 119 cm³/mol. The van der Waals surface area contributed by atoms with Gasteiger partial charge in [0.05, 0.1) is 24.7 Å². The summed E-state index contributed by atoms with van der Waals surface area (Å²) in [4.78, 5) is 26.2. The molecule has 1 fully saturated rings. The second-order valence-electron chi connectivity index (χ2n) is 7.21. The van der Waals surface area contributed by atoms with Crippen LogP contribution >= 0.6 is 0 Å². The number of morpholine rings is 1. The van der Waals surface area contributed by atoms with Crippen LogP contribution in [0.3, 0.4) is 0 Å². The Morgan fingerprint density at radius 1 is 1.03 bits per heavy atom. The first-order valence-corrected chi connectivity index (χ1v) is 11.6. The van der Waals surface area contributed by atoms with E-state index in [1.165, 1.54) is 31.2 Å². The molecule has 0 saturated carbocycles. The number of ketones is 1. The molecule has 0 spiro atoms. The summed E-state index contributed by atoms with van der Waals surface area (Å²) >= 11 is 0. The Hall–Kier alpha value is -2.75. The van der Waals surface area contributed by atoms with Gasteiger partial charge in [0, 0.05) is 36.6 Å². The molecule has 1 aliphatic rings. The van der Waals surface area contributed by atoms with Gasteiger partial charge in [-0.15, -0.1) is 0 Å². The van der Waals surface area contributed by atoms with Gasteiger partial charge in [0.25, 0.3) is 0 Å². The molecule has 0 radical (unpaired) electrons. The smallest absolute Gasteiger partial charge is 0.243 e. The first kappa shape index (κ1) is 22.9. The van der Waals surface area contributed by atoms with Crippen molar-refractivity contribution < 1.29 is 22.7 Å². The van der Waals surface area contributed by atoms with Crippen LogP contribution in [0, 0.1) is 0 Å². The fourth-order valence-electron chi connectivity index (χ4n) is 3.32. The number of nitrogens with zero attached hydrogens (tertiary/aromatic N) is 2. The van der Waals surface area contributed by atoms with E-state index in [1.54, 1.807) is 19.1 Å². The molecule has 0 unspecified atom stereocenters. The van der Waals surface area contributed by atoms with Crippen molar-refractivity contribution in [1.29, 1.82) is 0 Å². The van der Waals surface area contributed by atoms with Gasteiger partial charge in [0.1, 0.15) is 0 Å². The number of hydrogen-bond donors (Lipinski definition) is 1. The Morgan fingerprint density at radius 3 is 2.19 bits per heavy atom. The molecule has 3 rings (SSSR count). The fourth-order valence-corrected chi connectivity index (χ4v) is 4.72. The zero-order chi connectivity index (χ0) is 22.4. The summed E-state index contributed by atoms with van der Waals surface area (Å²) in [6.07, 6.45) is 0. The maximum atomic E-state index is 12.9. The van der Waals surface area contributed by atoms with Crippen molar-refractivity contribution in [2.45, 2.75) is 18.7 Å². The predicted octanol–water partition coefficient (Wildman–Crippen LogP) is 2.38. The van der Waals surface area contributed by atoms with Crippen molar-refractivity contribution in [3.63, 3.8) is 0 Å². The van der Waals surface area contributed by atoms with Crippen LogP contribution in [-0.4, -0.2) is 63.8 Å². The fraction of sp³-hybridized carbons (Fsp3) is 0.364. The largest absolute Gasteiger partial charge is 0.378 e. The number of amides is 1. The molecule has 0 atom stereocenters.